The first-order valence-electron chi connectivity index (χ1n) is 9.34. The number of hydrogen-bond donors (Lipinski definition) is 0. The predicted octanol–water partition coefficient (Wildman–Crippen LogP) is 2.85. The Morgan fingerprint density at radius 2 is 2.22 bits per heavy atom. The number of ether oxygens (including phenoxy) is 2. The van der Waals surface area contributed by atoms with E-state index in [-0.39, 0.29) is 23.7 Å². The predicted molar refractivity (Wildman–Crippen MR) is 97.8 cm³/mol. The zero-order valence-corrected chi connectivity index (χ0v) is 15.1. The molecule has 1 spiro atoms. The third kappa shape index (κ3) is 3.95. The number of amides is 1. The first kappa shape index (κ1) is 17.9. The van der Waals surface area contributed by atoms with E-state index in [1.54, 1.807) is 24.5 Å². The van der Waals surface area contributed by atoms with Gasteiger partial charge in [0.15, 0.2) is 0 Å². The summed E-state index contributed by atoms with van der Waals surface area (Å²) in [6.45, 7) is 2.56. The third-order valence-electron chi connectivity index (χ3n) is 5.48. The second-order valence-electron chi connectivity index (χ2n) is 7.28. The van der Waals surface area contributed by atoms with Crippen molar-refractivity contribution >= 4 is 5.91 Å². The van der Waals surface area contributed by atoms with Crippen LogP contribution in [0.15, 0.2) is 48.8 Å². The van der Waals surface area contributed by atoms with Gasteiger partial charge in [-0.25, -0.2) is 4.39 Å². The molecule has 0 N–H and O–H groups in total. The number of aromatic nitrogens is 1. The van der Waals surface area contributed by atoms with Crippen LogP contribution >= 0.6 is 0 Å². The molecule has 1 aromatic carbocycles. The summed E-state index contributed by atoms with van der Waals surface area (Å²) in [6, 6.07) is 9.96. The highest BCUT2D eigenvalue weighted by molar-refractivity contribution is 5.80. The van der Waals surface area contributed by atoms with Crippen LogP contribution in [0.4, 0.5) is 4.39 Å². The molecule has 27 heavy (non-hydrogen) atoms. The van der Waals surface area contributed by atoms with Crippen LogP contribution in [0.3, 0.4) is 0 Å². The highest BCUT2D eigenvalue weighted by Crippen LogP contribution is 2.41. The quantitative estimate of drug-likeness (QED) is 0.785. The SMILES string of the molecule is O=C(Cc1cccc(F)c1)N1CC2(C1)OCC[C@H]2CCOc1cccnc1. The largest absolute Gasteiger partial charge is 0.492 e. The fourth-order valence-electron chi connectivity index (χ4n) is 4.00. The van der Waals surface area contributed by atoms with Crippen LogP contribution in [0.5, 0.6) is 5.75 Å². The normalized spacial score (nSPS) is 20.5. The average molecular weight is 370 g/mol. The summed E-state index contributed by atoms with van der Waals surface area (Å²) in [5.74, 6) is 0.860. The van der Waals surface area contributed by atoms with E-state index in [0.717, 1.165) is 25.2 Å². The molecule has 2 saturated heterocycles. The minimum absolute atomic E-state index is 0.0204. The molecule has 4 rings (SSSR count). The summed E-state index contributed by atoms with van der Waals surface area (Å²) >= 11 is 0. The lowest BCUT2D eigenvalue weighted by Gasteiger charge is -2.50. The highest BCUT2D eigenvalue weighted by atomic mass is 19.1. The number of likely N-dealkylation sites (tertiary alicyclic amines) is 1. The molecule has 3 heterocycles. The molecule has 2 aliphatic heterocycles. The van der Waals surface area contributed by atoms with Crippen molar-refractivity contribution in [3.63, 3.8) is 0 Å². The maximum Gasteiger partial charge on any atom is 0.227 e. The van der Waals surface area contributed by atoms with Gasteiger partial charge in [0.05, 0.1) is 32.3 Å². The van der Waals surface area contributed by atoms with Gasteiger partial charge in [0, 0.05) is 12.8 Å². The van der Waals surface area contributed by atoms with Gasteiger partial charge in [-0.1, -0.05) is 12.1 Å². The molecule has 142 valence electrons. The first-order valence-corrected chi connectivity index (χ1v) is 9.34. The first-order chi connectivity index (χ1) is 13.1. The lowest BCUT2D eigenvalue weighted by Crippen LogP contribution is -2.66. The Bertz CT molecular complexity index is 793. The van der Waals surface area contributed by atoms with Crippen molar-refractivity contribution < 1.29 is 18.7 Å². The van der Waals surface area contributed by atoms with Crippen molar-refractivity contribution in [3.05, 3.63) is 60.2 Å². The van der Waals surface area contributed by atoms with Gasteiger partial charge in [-0.15, -0.1) is 0 Å². The van der Waals surface area contributed by atoms with E-state index in [2.05, 4.69) is 4.98 Å². The Morgan fingerprint density at radius 1 is 1.33 bits per heavy atom. The van der Waals surface area contributed by atoms with Gasteiger partial charge in [-0.3, -0.25) is 9.78 Å². The van der Waals surface area contributed by atoms with Crippen LogP contribution < -0.4 is 4.74 Å². The van der Waals surface area contributed by atoms with Crippen LogP contribution in [0.25, 0.3) is 0 Å². The molecule has 1 amide bonds. The number of nitrogens with zero attached hydrogens (tertiary/aromatic N) is 2. The fourth-order valence-corrected chi connectivity index (χ4v) is 4.00. The summed E-state index contributed by atoms with van der Waals surface area (Å²) < 4.78 is 25.1. The Hall–Kier alpha value is -2.47. The molecule has 2 aliphatic rings. The van der Waals surface area contributed by atoms with Gasteiger partial charge in [-0.05, 0) is 48.6 Å². The molecule has 5 nitrogen and oxygen atoms in total. The second-order valence-corrected chi connectivity index (χ2v) is 7.28. The standard InChI is InChI=1S/C21H23FN2O3/c22-18-4-1-3-16(11-18)12-20(25)24-14-21(15-24)17(7-10-27-21)6-9-26-19-5-2-8-23-13-19/h1-5,8,11,13,17H,6-7,9-10,12,14-15H2/t17-/m1/s1. The minimum Gasteiger partial charge on any atom is -0.492 e. The molecule has 2 aromatic rings. The summed E-state index contributed by atoms with van der Waals surface area (Å²) in [5, 5.41) is 0. The number of benzene rings is 1. The smallest absolute Gasteiger partial charge is 0.227 e. The number of carbonyl (C=O) groups excluding carboxylic acids is 1. The molecule has 1 aromatic heterocycles. The van der Waals surface area contributed by atoms with Crippen LogP contribution in [0.2, 0.25) is 0 Å². The van der Waals surface area contributed by atoms with Crippen LogP contribution in [-0.4, -0.2) is 47.7 Å². The summed E-state index contributed by atoms with van der Waals surface area (Å²) in [6.07, 6.45) is 5.53. The van der Waals surface area contributed by atoms with Gasteiger partial charge in [0.25, 0.3) is 0 Å². The van der Waals surface area contributed by atoms with E-state index in [0.29, 0.717) is 31.2 Å². The van der Waals surface area contributed by atoms with E-state index >= 15 is 0 Å². The monoisotopic (exact) mass is 370 g/mol. The number of carbonyl (C=O) groups is 1. The Morgan fingerprint density at radius 3 is 3.00 bits per heavy atom. The molecule has 6 heteroatoms. The Balaban J connectivity index is 1.27. The number of hydrogen-bond acceptors (Lipinski definition) is 4. The fraction of sp³-hybridized carbons (Fsp3) is 0.429. The molecule has 0 unspecified atom stereocenters. The van der Waals surface area contributed by atoms with Gasteiger partial charge < -0.3 is 14.4 Å². The Kier molecular flexibility index (Phi) is 5.07. The molecular formula is C21H23FN2O3. The van der Waals surface area contributed by atoms with E-state index < -0.39 is 0 Å². The maximum absolute atomic E-state index is 13.3. The van der Waals surface area contributed by atoms with E-state index in [1.807, 2.05) is 17.0 Å². The zero-order chi connectivity index (χ0) is 18.7. The third-order valence-corrected chi connectivity index (χ3v) is 5.48. The van der Waals surface area contributed by atoms with Gasteiger partial charge in [0.1, 0.15) is 17.2 Å². The lowest BCUT2D eigenvalue weighted by molar-refractivity contribution is -0.165. The molecule has 1 atom stereocenters. The summed E-state index contributed by atoms with van der Waals surface area (Å²) in [7, 11) is 0. The van der Waals surface area contributed by atoms with E-state index in [4.69, 9.17) is 9.47 Å². The van der Waals surface area contributed by atoms with Gasteiger partial charge >= 0.3 is 0 Å². The van der Waals surface area contributed by atoms with Crippen LogP contribution in [-0.2, 0) is 16.0 Å². The summed E-state index contributed by atoms with van der Waals surface area (Å²) in [5.41, 5.74) is 0.463. The number of rotatable bonds is 6. The van der Waals surface area contributed by atoms with Crippen molar-refractivity contribution in [1.82, 2.24) is 9.88 Å². The zero-order valence-electron chi connectivity index (χ0n) is 15.1. The van der Waals surface area contributed by atoms with Crippen molar-refractivity contribution in [1.29, 1.82) is 0 Å². The second kappa shape index (κ2) is 7.64. The topological polar surface area (TPSA) is 51.7 Å². The van der Waals surface area contributed by atoms with Crippen molar-refractivity contribution in [2.24, 2.45) is 5.92 Å². The maximum atomic E-state index is 13.3. The highest BCUT2D eigenvalue weighted by Gasteiger charge is 2.53. The van der Waals surface area contributed by atoms with Crippen molar-refractivity contribution in [2.75, 3.05) is 26.3 Å². The summed E-state index contributed by atoms with van der Waals surface area (Å²) in [4.78, 5) is 18.3. The Labute approximate surface area is 158 Å². The molecule has 2 fully saturated rings. The minimum atomic E-state index is -0.312. The molecule has 0 radical (unpaired) electrons. The molecule has 0 aliphatic carbocycles. The average Bonchev–Trinajstić information content (AvgIpc) is 3.05. The number of halogens is 1. The van der Waals surface area contributed by atoms with E-state index in [9.17, 15) is 9.18 Å². The van der Waals surface area contributed by atoms with Crippen LogP contribution in [0.1, 0.15) is 18.4 Å². The number of pyridine rings is 1. The van der Waals surface area contributed by atoms with Crippen LogP contribution in [0, 0.1) is 11.7 Å². The molecule has 0 bridgehead atoms. The van der Waals surface area contributed by atoms with Crippen molar-refractivity contribution in [2.45, 2.75) is 24.9 Å². The molecular weight excluding hydrogens is 347 g/mol. The van der Waals surface area contributed by atoms with Crippen molar-refractivity contribution in [3.8, 4) is 5.75 Å². The van der Waals surface area contributed by atoms with Gasteiger partial charge in [0.2, 0.25) is 5.91 Å². The van der Waals surface area contributed by atoms with E-state index in [1.165, 1.54) is 12.1 Å². The van der Waals surface area contributed by atoms with Gasteiger partial charge in [-0.2, -0.15) is 0 Å². The lowest BCUT2D eigenvalue weighted by atomic mass is 9.79. The molecule has 0 saturated carbocycles.